The molecular formula is C17H21N3O2. The molecule has 3 heterocycles. The van der Waals surface area contributed by atoms with Gasteiger partial charge in [-0.1, -0.05) is 0 Å². The fourth-order valence-electron chi connectivity index (χ4n) is 3.87. The van der Waals surface area contributed by atoms with Crippen molar-refractivity contribution in [1.82, 2.24) is 14.7 Å². The van der Waals surface area contributed by atoms with Gasteiger partial charge >= 0.3 is 0 Å². The topological polar surface area (TPSA) is 51.3 Å². The minimum absolute atomic E-state index is 0.0590. The summed E-state index contributed by atoms with van der Waals surface area (Å²) in [5.74, 6) is 0.952. The molecule has 0 radical (unpaired) electrons. The van der Waals surface area contributed by atoms with Crippen molar-refractivity contribution in [2.75, 3.05) is 6.54 Å². The number of carbonyl (C=O) groups excluding carboxylic acids is 1. The van der Waals surface area contributed by atoms with Crippen LogP contribution in [0.3, 0.4) is 0 Å². The molecule has 1 aliphatic carbocycles. The molecule has 1 fully saturated rings. The number of nitrogens with zero attached hydrogens (tertiary/aromatic N) is 3. The highest BCUT2D eigenvalue weighted by molar-refractivity contribution is 5.94. The summed E-state index contributed by atoms with van der Waals surface area (Å²) in [6.07, 6.45) is 8.02. The van der Waals surface area contributed by atoms with Gasteiger partial charge in [-0.15, -0.1) is 0 Å². The summed E-state index contributed by atoms with van der Waals surface area (Å²) in [6, 6.07) is 3.91. The largest absolute Gasteiger partial charge is 0.467 e. The van der Waals surface area contributed by atoms with Crippen LogP contribution in [0.2, 0.25) is 0 Å². The smallest absolute Gasteiger partial charge is 0.275 e. The van der Waals surface area contributed by atoms with Gasteiger partial charge in [-0.3, -0.25) is 9.48 Å². The second kappa shape index (κ2) is 5.30. The number of rotatable bonds is 2. The fourth-order valence-corrected chi connectivity index (χ4v) is 3.87. The zero-order valence-electron chi connectivity index (χ0n) is 12.9. The van der Waals surface area contributed by atoms with Gasteiger partial charge in [0.05, 0.1) is 12.3 Å². The van der Waals surface area contributed by atoms with E-state index in [4.69, 9.17) is 4.42 Å². The van der Waals surface area contributed by atoms with E-state index < -0.39 is 0 Å². The number of aromatic nitrogens is 2. The van der Waals surface area contributed by atoms with Gasteiger partial charge in [0.1, 0.15) is 5.76 Å². The van der Waals surface area contributed by atoms with Crippen molar-refractivity contribution in [1.29, 1.82) is 0 Å². The SMILES string of the molecule is Cn1nc(C(=O)N2CCC[C@@H]2c2ccco2)c2c1CCCC2. The second-order valence-corrected chi connectivity index (χ2v) is 6.28. The average Bonchev–Trinajstić information content (AvgIpc) is 3.26. The maximum Gasteiger partial charge on any atom is 0.275 e. The number of amides is 1. The first kappa shape index (κ1) is 13.6. The Hall–Kier alpha value is -2.04. The van der Waals surface area contributed by atoms with Crippen LogP contribution >= 0.6 is 0 Å². The predicted octanol–water partition coefficient (Wildman–Crippen LogP) is 2.87. The Morgan fingerprint density at radius 1 is 1.32 bits per heavy atom. The Labute approximate surface area is 129 Å². The van der Waals surface area contributed by atoms with Crippen molar-refractivity contribution in [3.05, 3.63) is 41.1 Å². The predicted molar refractivity (Wildman–Crippen MR) is 81.6 cm³/mol. The lowest BCUT2D eigenvalue weighted by atomic mass is 9.95. The Balaban J connectivity index is 1.67. The van der Waals surface area contributed by atoms with Crippen LogP contribution in [-0.4, -0.2) is 27.1 Å². The Morgan fingerprint density at radius 3 is 3.00 bits per heavy atom. The van der Waals surface area contributed by atoms with E-state index in [-0.39, 0.29) is 11.9 Å². The Bertz CT molecular complexity index is 687. The molecule has 1 amide bonds. The van der Waals surface area contributed by atoms with Crippen molar-refractivity contribution >= 4 is 5.91 Å². The highest BCUT2D eigenvalue weighted by Crippen LogP contribution is 2.34. The van der Waals surface area contributed by atoms with Gasteiger partial charge in [-0.05, 0) is 50.7 Å². The first-order valence-electron chi connectivity index (χ1n) is 8.15. The van der Waals surface area contributed by atoms with Crippen molar-refractivity contribution in [2.24, 2.45) is 7.05 Å². The van der Waals surface area contributed by atoms with Crippen LogP contribution in [0.4, 0.5) is 0 Å². The zero-order valence-corrected chi connectivity index (χ0v) is 12.9. The molecular weight excluding hydrogens is 278 g/mol. The van der Waals surface area contributed by atoms with E-state index in [0.717, 1.165) is 44.4 Å². The second-order valence-electron chi connectivity index (χ2n) is 6.28. The van der Waals surface area contributed by atoms with Crippen molar-refractivity contribution < 1.29 is 9.21 Å². The summed E-state index contributed by atoms with van der Waals surface area (Å²) < 4.78 is 7.43. The molecule has 5 heteroatoms. The summed E-state index contributed by atoms with van der Waals surface area (Å²) in [6.45, 7) is 0.787. The van der Waals surface area contributed by atoms with Crippen LogP contribution in [0, 0.1) is 0 Å². The van der Waals surface area contributed by atoms with Crippen LogP contribution in [-0.2, 0) is 19.9 Å². The van der Waals surface area contributed by atoms with E-state index in [9.17, 15) is 4.79 Å². The molecule has 1 atom stereocenters. The summed E-state index contributed by atoms with van der Waals surface area (Å²) in [5.41, 5.74) is 3.07. The third kappa shape index (κ3) is 2.07. The molecule has 5 nitrogen and oxygen atoms in total. The van der Waals surface area contributed by atoms with Crippen LogP contribution in [0.5, 0.6) is 0 Å². The molecule has 116 valence electrons. The molecule has 0 N–H and O–H groups in total. The maximum absolute atomic E-state index is 13.0. The lowest BCUT2D eigenvalue weighted by molar-refractivity contribution is 0.0712. The quantitative estimate of drug-likeness (QED) is 0.857. The summed E-state index contributed by atoms with van der Waals surface area (Å²) >= 11 is 0. The molecule has 2 aromatic heterocycles. The normalized spacial score (nSPS) is 21.1. The number of furan rings is 1. The molecule has 0 bridgehead atoms. The van der Waals surface area contributed by atoms with Gasteiger partial charge in [0, 0.05) is 24.8 Å². The number of likely N-dealkylation sites (tertiary alicyclic amines) is 1. The van der Waals surface area contributed by atoms with Crippen LogP contribution in [0.25, 0.3) is 0 Å². The molecule has 2 aromatic rings. The molecule has 1 aliphatic heterocycles. The van der Waals surface area contributed by atoms with E-state index >= 15 is 0 Å². The van der Waals surface area contributed by atoms with E-state index in [1.807, 2.05) is 28.8 Å². The molecule has 22 heavy (non-hydrogen) atoms. The number of hydrogen-bond acceptors (Lipinski definition) is 3. The van der Waals surface area contributed by atoms with Gasteiger partial charge in [0.15, 0.2) is 5.69 Å². The average molecular weight is 299 g/mol. The third-order valence-electron chi connectivity index (χ3n) is 4.95. The van der Waals surface area contributed by atoms with Gasteiger partial charge in [-0.2, -0.15) is 5.10 Å². The van der Waals surface area contributed by atoms with Crippen molar-refractivity contribution in [2.45, 2.75) is 44.6 Å². The lowest BCUT2D eigenvalue weighted by Crippen LogP contribution is -2.31. The zero-order chi connectivity index (χ0) is 15.1. The van der Waals surface area contributed by atoms with Gasteiger partial charge in [0.25, 0.3) is 5.91 Å². The number of hydrogen-bond donors (Lipinski definition) is 0. The molecule has 0 spiro atoms. The summed E-state index contributed by atoms with van der Waals surface area (Å²) in [7, 11) is 1.95. The van der Waals surface area contributed by atoms with Gasteiger partial charge in [-0.25, -0.2) is 0 Å². The molecule has 0 aromatic carbocycles. The molecule has 1 saturated heterocycles. The minimum Gasteiger partial charge on any atom is -0.467 e. The van der Waals surface area contributed by atoms with Gasteiger partial charge in [0.2, 0.25) is 0 Å². The maximum atomic E-state index is 13.0. The Morgan fingerprint density at radius 2 is 2.18 bits per heavy atom. The summed E-state index contributed by atoms with van der Waals surface area (Å²) in [5, 5.41) is 4.55. The monoisotopic (exact) mass is 299 g/mol. The van der Waals surface area contributed by atoms with Crippen LogP contribution in [0.1, 0.15) is 59.2 Å². The van der Waals surface area contributed by atoms with Crippen molar-refractivity contribution in [3.63, 3.8) is 0 Å². The standard InChI is InChI=1S/C17H21N3O2/c1-19-13-7-3-2-6-12(13)16(18-19)17(21)20-10-4-8-14(20)15-9-5-11-22-15/h5,9,11,14H,2-4,6-8,10H2,1H3/t14-/m1/s1. The minimum atomic E-state index is 0.0590. The van der Waals surface area contributed by atoms with Crippen LogP contribution < -0.4 is 0 Å². The Kier molecular flexibility index (Phi) is 3.28. The third-order valence-corrected chi connectivity index (χ3v) is 4.95. The first-order valence-corrected chi connectivity index (χ1v) is 8.15. The highest BCUT2D eigenvalue weighted by Gasteiger charge is 2.35. The molecule has 0 saturated carbocycles. The van der Waals surface area contributed by atoms with E-state index in [1.165, 1.54) is 17.7 Å². The number of aryl methyl sites for hydroxylation is 1. The first-order chi connectivity index (χ1) is 10.8. The summed E-state index contributed by atoms with van der Waals surface area (Å²) in [4.78, 5) is 15.0. The number of fused-ring (bicyclic) bond motifs is 1. The highest BCUT2D eigenvalue weighted by atomic mass is 16.3. The van der Waals surface area contributed by atoms with E-state index in [2.05, 4.69) is 5.10 Å². The van der Waals surface area contributed by atoms with E-state index in [1.54, 1.807) is 6.26 Å². The van der Waals surface area contributed by atoms with Crippen molar-refractivity contribution in [3.8, 4) is 0 Å². The van der Waals surface area contributed by atoms with Crippen LogP contribution in [0.15, 0.2) is 22.8 Å². The molecule has 4 rings (SSSR count). The van der Waals surface area contributed by atoms with Gasteiger partial charge < -0.3 is 9.32 Å². The lowest BCUT2D eigenvalue weighted by Gasteiger charge is -2.23. The fraction of sp³-hybridized carbons (Fsp3) is 0.529. The molecule has 2 aliphatic rings. The number of carbonyl (C=O) groups is 1. The molecule has 0 unspecified atom stereocenters. The van der Waals surface area contributed by atoms with E-state index in [0.29, 0.717) is 5.69 Å².